The first kappa shape index (κ1) is 10.4. The normalized spacial score (nSPS) is 15.9. The maximum absolute atomic E-state index is 10.2. The fourth-order valence-corrected chi connectivity index (χ4v) is 0.433. The Kier molecular flexibility index (Phi) is 4.81. The van der Waals surface area contributed by atoms with Crippen molar-refractivity contribution in [1.82, 2.24) is 0 Å². The Labute approximate surface area is 65.8 Å². The number of ether oxygens (including phenoxy) is 1. The molecule has 0 aromatic carbocycles. The van der Waals surface area contributed by atoms with E-state index in [1.165, 1.54) is 6.92 Å². The molecule has 0 spiro atoms. The van der Waals surface area contributed by atoms with Crippen molar-refractivity contribution in [1.29, 1.82) is 0 Å². The van der Waals surface area contributed by atoms with Gasteiger partial charge in [0.25, 0.3) is 0 Å². The van der Waals surface area contributed by atoms with Crippen LogP contribution in [0.1, 0.15) is 13.8 Å². The van der Waals surface area contributed by atoms with Crippen LogP contribution in [0.15, 0.2) is 0 Å². The molecule has 2 N–H and O–H groups in total. The van der Waals surface area contributed by atoms with Crippen LogP contribution in [-0.4, -0.2) is 35.5 Å². The van der Waals surface area contributed by atoms with Crippen LogP contribution >= 0.6 is 0 Å². The topological polar surface area (TPSA) is 66.8 Å². The zero-order valence-corrected chi connectivity index (χ0v) is 6.78. The van der Waals surface area contributed by atoms with Crippen molar-refractivity contribution in [3.63, 3.8) is 0 Å². The number of carboxylic acids is 1. The minimum absolute atomic E-state index is 0.00296. The lowest BCUT2D eigenvalue weighted by Gasteiger charge is -2.11. The minimum atomic E-state index is -0.977. The highest BCUT2D eigenvalue weighted by Crippen LogP contribution is 1.97. The Hall–Kier alpha value is -0.610. The summed E-state index contributed by atoms with van der Waals surface area (Å²) in [7, 11) is 0. The summed E-state index contributed by atoms with van der Waals surface area (Å²) in [6.45, 7) is 3.55. The number of aliphatic hydroxyl groups excluding tert-OH is 1. The summed E-state index contributed by atoms with van der Waals surface area (Å²) in [5.74, 6) is -0.980. The molecule has 0 radical (unpaired) electrons. The molecule has 11 heavy (non-hydrogen) atoms. The number of carboxylic acid groups (broad SMARTS) is 1. The number of aliphatic hydroxyl groups is 1. The number of rotatable bonds is 5. The monoisotopic (exact) mass is 162 g/mol. The number of hydrogen-bond donors (Lipinski definition) is 2. The van der Waals surface area contributed by atoms with Crippen molar-refractivity contribution >= 4 is 5.97 Å². The van der Waals surface area contributed by atoms with E-state index < -0.39 is 12.1 Å². The quantitative estimate of drug-likeness (QED) is 0.602. The van der Waals surface area contributed by atoms with E-state index in [1.54, 1.807) is 6.92 Å². The van der Waals surface area contributed by atoms with Crippen LogP contribution in [-0.2, 0) is 9.53 Å². The van der Waals surface area contributed by atoms with Crippen molar-refractivity contribution in [3.05, 3.63) is 0 Å². The Bertz CT molecular complexity index is 124. The van der Waals surface area contributed by atoms with E-state index in [-0.39, 0.29) is 19.1 Å². The molecule has 4 nitrogen and oxygen atoms in total. The molecule has 1 unspecified atom stereocenters. The van der Waals surface area contributed by atoms with Crippen molar-refractivity contribution < 1.29 is 19.7 Å². The molecule has 0 fully saturated rings. The van der Waals surface area contributed by atoms with Gasteiger partial charge in [0.15, 0.2) is 6.10 Å². The van der Waals surface area contributed by atoms with Gasteiger partial charge in [-0.1, -0.05) is 6.92 Å². The Morgan fingerprint density at radius 3 is 2.45 bits per heavy atom. The van der Waals surface area contributed by atoms with Crippen LogP contribution in [0.4, 0.5) is 0 Å². The standard InChI is InChI=1S/C7H14O4/c1-5(3-8)4-11-6(2)7(9)10/h5-6,8H,3-4H2,1-2H3,(H,9,10)/t5?,6-/m1/s1. The third-order valence-corrected chi connectivity index (χ3v) is 1.29. The maximum atomic E-state index is 10.2. The lowest BCUT2D eigenvalue weighted by atomic mass is 10.2. The van der Waals surface area contributed by atoms with Gasteiger partial charge in [0.1, 0.15) is 0 Å². The first-order valence-corrected chi connectivity index (χ1v) is 3.53. The molecule has 0 saturated heterocycles. The zero-order chi connectivity index (χ0) is 8.85. The highest BCUT2D eigenvalue weighted by atomic mass is 16.5. The molecule has 0 saturated carbocycles. The Morgan fingerprint density at radius 1 is 1.55 bits per heavy atom. The first-order valence-electron chi connectivity index (χ1n) is 3.53. The molecule has 0 aliphatic carbocycles. The minimum Gasteiger partial charge on any atom is -0.479 e. The summed E-state index contributed by atoms with van der Waals surface area (Å²) < 4.78 is 4.90. The summed E-state index contributed by atoms with van der Waals surface area (Å²) in [4.78, 5) is 10.2. The van der Waals surface area contributed by atoms with E-state index >= 15 is 0 Å². The first-order chi connectivity index (χ1) is 5.07. The summed E-state index contributed by atoms with van der Waals surface area (Å²) in [6, 6.07) is 0. The molecular formula is C7H14O4. The molecule has 0 rings (SSSR count). The molecule has 0 amide bonds. The molecule has 66 valence electrons. The second-order valence-corrected chi connectivity index (χ2v) is 2.60. The van der Waals surface area contributed by atoms with Crippen LogP contribution in [0, 0.1) is 5.92 Å². The van der Waals surface area contributed by atoms with E-state index in [1.807, 2.05) is 0 Å². The summed E-state index contributed by atoms with van der Waals surface area (Å²) in [6.07, 6.45) is -0.788. The van der Waals surface area contributed by atoms with Gasteiger partial charge in [-0.25, -0.2) is 4.79 Å². The molecule has 0 heterocycles. The van der Waals surface area contributed by atoms with Crippen LogP contribution in [0.2, 0.25) is 0 Å². The fraction of sp³-hybridized carbons (Fsp3) is 0.857. The van der Waals surface area contributed by atoms with Crippen molar-refractivity contribution in [2.45, 2.75) is 20.0 Å². The maximum Gasteiger partial charge on any atom is 0.332 e. The summed E-state index contributed by atoms with van der Waals surface area (Å²) in [5, 5.41) is 16.9. The number of carbonyl (C=O) groups is 1. The van der Waals surface area contributed by atoms with Gasteiger partial charge in [-0.2, -0.15) is 0 Å². The van der Waals surface area contributed by atoms with Crippen LogP contribution < -0.4 is 0 Å². The van der Waals surface area contributed by atoms with Gasteiger partial charge in [-0.05, 0) is 6.92 Å². The molecule has 0 aliphatic rings. The second kappa shape index (κ2) is 5.09. The van der Waals surface area contributed by atoms with Gasteiger partial charge in [0, 0.05) is 12.5 Å². The summed E-state index contributed by atoms with van der Waals surface area (Å²) in [5.41, 5.74) is 0. The van der Waals surface area contributed by atoms with Crippen LogP contribution in [0.3, 0.4) is 0 Å². The van der Waals surface area contributed by atoms with Crippen molar-refractivity contribution in [3.8, 4) is 0 Å². The van der Waals surface area contributed by atoms with Gasteiger partial charge in [-0.15, -0.1) is 0 Å². The molecule has 4 heteroatoms. The van der Waals surface area contributed by atoms with Gasteiger partial charge in [0.2, 0.25) is 0 Å². The third kappa shape index (κ3) is 4.75. The fourth-order valence-electron chi connectivity index (χ4n) is 0.433. The van der Waals surface area contributed by atoms with Crippen LogP contribution in [0.5, 0.6) is 0 Å². The second-order valence-electron chi connectivity index (χ2n) is 2.60. The number of aliphatic carboxylic acids is 1. The molecule has 0 aliphatic heterocycles. The lowest BCUT2D eigenvalue weighted by molar-refractivity contribution is -0.150. The highest BCUT2D eigenvalue weighted by molar-refractivity contribution is 5.71. The smallest absolute Gasteiger partial charge is 0.332 e. The summed E-state index contributed by atoms with van der Waals surface area (Å²) >= 11 is 0. The van der Waals surface area contributed by atoms with Gasteiger partial charge in [-0.3, -0.25) is 0 Å². The van der Waals surface area contributed by atoms with E-state index in [0.29, 0.717) is 0 Å². The van der Waals surface area contributed by atoms with E-state index in [4.69, 9.17) is 14.9 Å². The van der Waals surface area contributed by atoms with Gasteiger partial charge < -0.3 is 14.9 Å². The predicted molar refractivity (Wildman–Crippen MR) is 39.3 cm³/mol. The average Bonchev–Trinajstić information content (AvgIpc) is 1.99. The van der Waals surface area contributed by atoms with Crippen molar-refractivity contribution in [2.75, 3.05) is 13.2 Å². The average molecular weight is 162 g/mol. The van der Waals surface area contributed by atoms with E-state index in [0.717, 1.165) is 0 Å². The lowest BCUT2D eigenvalue weighted by Crippen LogP contribution is -2.23. The van der Waals surface area contributed by atoms with E-state index in [9.17, 15) is 4.79 Å². The van der Waals surface area contributed by atoms with Gasteiger partial charge >= 0.3 is 5.97 Å². The number of hydrogen-bond acceptors (Lipinski definition) is 3. The largest absolute Gasteiger partial charge is 0.479 e. The molecular weight excluding hydrogens is 148 g/mol. The van der Waals surface area contributed by atoms with Gasteiger partial charge in [0.05, 0.1) is 6.61 Å². The predicted octanol–water partition coefficient (Wildman–Crippen LogP) is 0.104. The van der Waals surface area contributed by atoms with Crippen LogP contribution in [0.25, 0.3) is 0 Å². The van der Waals surface area contributed by atoms with E-state index in [2.05, 4.69) is 0 Å². The SMILES string of the molecule is CC(CO)CO[C@H](C)C(=O)O. The van der Waals surface area contributed by atoms with Crippen molar-refractivity contribution in [2.24, 2.45) is 5.92 Å². The molecule has 0 aromatic rings. The molecule has 0 bridgehead atoms. The highest BCUT2D eigenvalue weighted by Gasteiger charge is 2.11. The Morgan fingerprint density at radius 2 is 2.09 bits per heavy atom. The Balaban J connectivity index is 3.45. The molecule has 2 atom stereocenters. The zero-order valence-electron chi connectivity index (χ0n) is 6.78. The third-order valence-electron chi connectivity index (χ3n) is 1.29. The molecule has 0 aromatic heterocycles.